The number of Topliss-reactive ketones (excluding diaryl/α,β-unsaturated/α-hetero) is 5. The Balaban J connectivity index is 6.60. The number of nitrogens with one attached hydrogen (secondary N) is 5. The van der Waals surface area contributed by atoms with Gasteiger partial charge in [0.2, 0.25) is 23.6 Å². The highest BCUT2D eigenvalue weighted by Crippen LogP contribution is 2.20. The maximum Gasteiger partial charge on any atom is 0.305 e. The minimum absolute atomic E-state index is 0.00572. The number of carbonyl (C=O) groups is 11. The van der Waals surface area contributed by atoms with E-state index in [-0.39, 0.29) is 88.9 Å². The minimum atomic E-state index is -1.59. The summed E-state index contributed by atoms with van der Waals surface area (Å²) < 4.78 is 0. The standard InChI is InChI=1S/C46H80N14O15/c1-5-33(63)30(21-39(70)71)59-41(73)25(3)18-35(65)32(23-62)60-43(75)26(9-6-14-54-44(47)48)19-36(66)28(11-8-16-56-46(51)52)57-40(72)24(2)17-34(64)29(12-13-38(68)69)58-42(74)27(10-7-15-55-45(49)50)20-37(67)31(22-61)53-4/h24-32,53,61-62H,5-23H2,1-4H3,(H,57,72)(H,58,74)(H,59,73)(H,60,75)(H,68,69)(H,70,71)(H4,47,48,54)(H4,49,50,55)(H4,51,52,56)/t24-,25-,26-,27-,28+,29+,30+,31+,32+/m1/s1. The number of rotatable bonds is 42. The molecule has 0 fully saturated rings. The van der Waals surface area contributed by atoms with Gasteiger partial charge >= 0.3 is 11.9 Å². The SMILES string of the molecule is CCC(=O)[C@H](CC(=O)O)NC(=O)[C@H](C)CC(=O)[C@H](CO)NC(=O)[C@H](CCCN=C(N)N)CC(=O)[C@H](CCCN=C(N)N)NC(=O)[C@H](C)CC(=O)[C@H](CCC(=O)O)NC(=O)[C@H](CCCN=C(N)N)CC(=O)[C@H](CO)NC. The number of aliphatic hydroxyl groups is 2. The lowest BCUT2D eigenvalue weighted by Crippen LogP contribution is -2.49. The largest absolute Gasteiger partial charge is 0.481 e. The van der Waals surface area contributed by atoms with E-state index in [1.807, 2.05) is 0 Å². The Labute approximate surface area is 435 Å². The third kappa shape index (κ3) is 28.8. The Hall–Kier alpha value is -7.14. The number of ketones is 5. The molecular weight excluding hydrogens is 989 g/mol. The van der Waals surface area contributed by atoms with Crippen LogP contribution in [0.25, 0.3) is 0 Å². The molecule has 0 aliphatic rings. The number of hydrogen-bond acceptors (Lipinski definition) is 17. The van der Waals surface area contributed by atoms with Crippen LogP contribution < -0.4 is 61.0 Å². The molecule has 0 rings (SSSR count). The van der Waals surface area contributed by atoms with E-state index in [1.54, 1.807) is 0 Å². The molecule has 9 atom stereocenters. The summed E-state index contributed by atoms with van der Waals surface area (Å²) in [5.41, 5.74) is 32.6. The van der Waals surface area contributed by atoms with Gasteiger partial charge in [0.05, 0.1) is 43.8 Å². The normalized spacial score (nSPS) is 14.5. The number of aliphatic hydroxyl groups excluding tert-OH is 2. The second kappa shape index (κ2) is 36.7. The van der Waals surface area contributed by atoms with Crippen LogP contribution in [-0.2, 0) is 52.7 Å². The summed E-state index contributed by atoms with van der Waals surface area (Å²) in [6, 6.07) is -6.73. The summed E-state index contributed by atoms with van der Waals surface area (Å²) in [5.74, 6) is -14.7. The number of nitrogens with zero attached hydrogens (tertiary/aromatic N) is 3. The summed E-state index contributed by atoms with van der Waals surface area (Å²) in [6.07, 6.45) is -3.46. The molecule has 0 heterocycles. The first-order valence-electron chi connectivity index (χ1n) is 24.5. The van der Waals surface area contributed by atoms with E-state index in [0.717, 1.165) is 0 Å². The van der Waals surface area contributed by atoms with Crippen molar-refractivity contribution in [2.45, 2.75) is 141 Å². The Bertz CT molecular complexity index is 2040. The number of aliphatic carboxylic acids is 2. The predicted octanol–water partition coefficient (Wildman–Crippen LogP) is -4.68. The summed E-state index contributed by atoms with van der Waals surface area (Å²) in [5, 5.41) is 51.0. The molecule has 0 unspecified atom stereocenters. The average molecular weight is 1070 g/mol. The van der Waals surface area contributed by atoms with E-state index in [1.165, 1.54) is 27.8 Å². The lowest BCUT2D eigenvalue weighted by Gasteiger charge is -2.25. The molecule has 0 aliphatic carbocycles. The fourth-order valence-corrected chi connectivity index (χ4v) is 7.44. The molecule has 0 bridgehead atoms. The van der Waals surface area contributed by atoms with Crippen LogP contribution in [0.4, 0.5) is 0 Å². The average Bonchev–Trinajstić information content (AvgIpc) is 3.33. The van der Waals surface area contributed by atoms with Gasteiger partial charge in [-0.25, -0.2) is 0 Å². The van der Waals surface area contributed by atoms with Gasteiger partial charge in [-0.2, -0.15) is 0 Å². The topological polar surface area (TPSA) is 522 Å². The molecule has 21 N–H and O–H groups in total. The third-order valence-corrected chi connectivity index (χ3v) is 11.8. The quantitative estimate of drug-likeness (QED) is 0.0155. The summed E-state index contributed by atoms with van der Waals surface area (Å²) >= 11 is 0. The number of carboxylic acid groups (broad SMARTS) is 2. The van der Waals surface area contributed by atoms with Crippen molar-refractivity contribution in [3.05, 3.63) is 0 Å². The van der Waals surface area contributed by atoms with E-state index in [0.29, 0.717) is 0 Å². The molecule has 4 amide bonds. The van der Waals surface area contributed by atoms with Gasteiger partial charge in [-0.1, -0.05) is 20.8 Å². The number of nitrogens with two attached hydrogens (primary N) is 6. The smallest absolute Gasteiger partial charge is 0.305 e. The predicted molar refractivity (Wildman–Crippen MR) is 273 cm³/mol. The van der Waals surface area contributed by atoms with Gasteiger partial charge in [-0.15, -0.1) is 0 Å². The van der Waals surface area contributed by atoms with Gasteiger partial charge in [0.15, 0.2) is 46.8 Å². The monoisotopic (exact) mass is 1070 g/mol. The maximum atomic E-state index is 14.2. The van der Waals surface area contributed by atoms with Crippen molar-refractivity contribution in [2.75, 3.05) is 39.9 Å². The van der Waals surface area contributed by atoms with Crippen LogP contribution >= 0.6 is 0 Å². The fourth-order valence-electron chi connectivity index (χ4n) is 7.44. The lowest BCUT2D eigenvalue weighted by molar-refractivity contribution is -0.141. The van der Waals surface area contributed by atoms with Crippen LogP contribution in [0.15, 0.2) is 15.0 Å². The molecule has 0 aromatic rings. The van der Waals surface area contributed by atoms with E-state index < -0.39 is 170 Å². The zero-order valence-electron chi connectivity index (χ0n) is 43.2. The van der Waals surface area contributed by atoms with Crippen molar-refractivity contribution >= 4 is 82.4 Å². The highest BCUT2D eigenvalue weighted by molar-refractivity contribution is 5.98. The van der Waals surface area contributed by atoms with Crippen molar-refractivity contribution in [1.29, 1.82) is 0 Å². The maximum absolute atomic E-state index is 14.2. The van der Waals surface area contributed by atoms with Gasteiger partial charge in [0.25, 0.3) is 0 Å². The zero-order chi connectivity index (χ0) is 57.4. The fraction of sp³-hybridized carbons (Fsp3) is 0.696. The first-order valence-corrected chi connectivity index (χ1v) is 24.5. The first-order chi connectivity index (χ1) is 35.2. The van der Waals surface area contributed by atoms with Crippen LogP contribution in [0, 0.1) is 23.7 Å². The highest BCUT2D eigenvalue weighted by Gasteiger charge is 2.34. The molecule has 0 aromatic heterocycles. The Morgan fingerprint density at radius 2 is 0.800 bits per heavy atom. The number of carboxylic acids is 2. The molecule has 0 saturated heterocycles. The van der Waals surface area contributed by atoms with Gasteiger partial charge in [-0.3, -0.25) is 67.7 Å². The molecule has 29 heteroatoms. The number of aliphatic imine (C=N–C) groups is 3. The zero-order valence-corrected chi connectivity index (χ0v) is 43.2. The van der Waals surface area contributed by atoms with Crippen LogP contribution in [-0.4, -0.2) is 173 Å². The Kier molecular flexibility index (Phi) is 33.2. The van der Waals surface area contributed by atoms with Gasteiger partial charge in [0, 0.05) is 81.8 Å². The highest BCUT2D eigenvalue weighted by atomic mass is 16.4. The first kappa shape index (κ1) is 67.9. The second-order valence-corrected chi connectivity index (χ2v) is 18.0. The Morgan fingerprint density at radius 1 is 0.440 bits per heavy atom. The molecule has 0 aliphatic heterocycles. The summed E-state index contributed by atoms with van der Waals surface area (Å²) in [6.45, 7) is 2.75. The van der Waals surface area contributed by atoms with Crippen molar-refractivity contribution in [3.63, 3.8) is 0 Å². The van der Waals surface area contributed by atoms with E-state index >= 15 is 0 Å². The molecule has 75 heavy (non-hydrogen) atoms. The van der Waals surface area contributed by atoms with Crippen LogP contribution in [0.2, 0.25) is 0 Å². The summed E-state index contributed by atoms with van der Waals surface area (Å²) in [4.78, 5) is 155. The number of hydrogen-bond donors (Lipinski definition) is 15. The third-order valence-electron chi connectivity index (χ3n) is 11.8. The molecule has 29 nitrogen and oxygen atoms in total. The minimum Gasteiger partial charge on any atom is -0.481 e. The number of carbonyl (C=O) groups excluding carboxylic acids is 9. The molecule has 0 spiro atoms. The number of guanidine groups is 3. The van der Waals surface area contributed by atoms with Crippen LogP contribution in [0.1, 0.15) is 111 Å². The number of likely N-dealkylation sites (N-methyl/N-ethyl adjacent to an activating group) is 1. The number of amides is 4. The van der Waals surface area contributed by atoms with Crippen molar-refractivity contribution in [1.82, 2.24) is 26.6 Å². The van der Waals surface area contributed by atoms with E-state index in [2.05, 4.69) is 41.6 Å². The van der Waals surface area contributed by atoms with Crippen molar-refractivity contribution < 1.29 is 73.2 Å². The van der Waals surface area contributed by atoms with Crippen molar-refractivity contribution in [2.24, 2.45) is 73.1 Å². The van der Waals surface area contributed by atoms with Crippen molar-refractivity contribution in [3.8, 4) is 0 Å². The van der Waals surface area contributed by atoms with E-state index in [4.69, 9.17) is 34.4 Å². The summed E-state index contributed by atoms with van der Waals surface area (Å²) in [7, 11) is 1.44. The van der Waals surface area contributed by atoms with Crippen LogP contribution in [0.3, 0.4) is 0 Å². The van der Waals surface area contributed by atoms with Gasteiger partial charge in [-0.05, 0) is 52.0 Å². The molecule has 424 valence electrons. The molecule has 0 aromatic carbocycles. The second-order valence-electron chi connectivity index (χ2n) is 18.0. The molecular formula is C46H80N14O15. The van der Waals surface area contributed by atoms with Gasteiger partial charge < -0.3 is 81.4 Å². The molecule has 0 radical (unpaired) electrons. The molecule has 0 saturated carbocycles. The Morgan fingerprint density at radius 3 is 1.19 bits per heavy atom. The van der Waals surface area contributed by atoms with Gasteiger partial charge in [0.1, 0.15) is 6.04 Å². The lowest BCUT2D eigenvalue weighted by atomic mass is 9.90. The van der Waals surface area contributed by atoms with Crippen LogP contribution in [0.5, 0.6) is 0 Å². The van der Waals surface area contributed by atoms with E-state index in [9.17, 15) is 73.2 Å².